The van der Waals surface area contributed by atoms with E-state index >= 15 is 0 Å². The van der Waals surface area contributed by atoms with Crippen LogP contribution < -0.4 is 10.1 Å². The number of hydrogen-bond donors (Lipinski definition) is 2. The highest BCUT2D eigenvalue weighted by Gasteiger charge is 2.25. The third kappa shape index (κ3) is 9.66. The van der Waals surface area contributed by atoms with Crippen LogP contribution in [0.5, 0.6) is 17.2 Å². The summed E-state index contributed by atoms with van der Waals surface area (Å²) >= 11 is 6.99. The fourth-order valence-electron chi connectivity index (χ4n) is 3.47. The molecule has 0 saturated heterocycles. The fraction of sp³-hybridized carbons (Fsp3) is 0.444. The van der Waals surface area contributed by atoms with Gasteiger partial charge in [0.15, 0.2) is 5.75 Å². The molecule has 37 heavy (non-hydrogen) atoms. The van der Waals surface area contributed by atoms with Gasteiger partial charge in [0.05, 0.1) is 22.5 Å². The first kappa shape index (κ1) is 30.6. The summed E-state index contributed by atoms with van der Waals surface area (Å²) in [4.78, 5) is 36.9. The quantitative estimate of drug-likeness (QED) is 0.299. The first-order valence-corrected chi connectivity index (χ1v) is 13.4. The summed E-state index contributed by atoms with van der Waals surface area (Å²) in [5, 5.41) is 12.7. The van der Waals surface area contributed by atoms with E-state index in [-0.39, 0.29) is 30.9 Å². The highest BCUT2D eigenvalue weighted by atomic mass is 79.9. The number of benzene rings is 2. The molecule has 0 heterocycles. The van der Waals surface area contributed by atoms with Gasteiger partial charge in [-0.1, -0.05) is 13.8 Å². The predicted octanol–water partition coefficient (Wildman–Crippen LogP) is 6.16. The van der Waals surface area contributed by atoms with Crippen LogP contribution in [0.15, 0.2) is 39.3 Å². The molecule has 1 atom stereocenters. The maximum Gasteiger partial charge on any atom is 0.328 e. The highest BCUT2D eigenvalue weighted by molar-refractivity contribution is 9.11. The summed E-state index contributed by atoms with van der Waals surface area (Å²) in [6.45, 7) is 9.22. The number of carbonyl (C=O) groups is 3. The summed E-state index contributed by atoms with van der Waals surface area (Å²) in [6.07, 6.45) is -0.0111. The van der Waals surface area contributed by atoms with Gasteiger partial charge in [0.1, 0.15) is 23.1 Å². The predicted molar refractivity (Wildman–Crippen MR) is 147 cm³/mol. The maximum absolute atomic E-state index is 12.7. The number of rotatable bonds is 10. The number of esters is 2. The lowest BCUT2D eigenvalue weighted by atomic mass is 10.0. The molecule has 0 bridgehead atoms. The minimum Gasteiger partial charge on any atom is -0.508 e. The van der Waals surface area contributed by atoms with Gasteiger partial charge in [0, 0.05) is 12.0 Å². The monoisotopic (exact) mass is 641 g/mol. The molecule has 0 radical (unpaired) electrons. The van der Waals surface area contributed by atoms with Crippen LogP contribution in [0.25, 0.3) is 0 Å². The Morgan fingerprint density at radius 3 is 2.22 bits per heavy atom. The Bertz CT molecular complexity index is 1120. The number of amides is 1. The molecule has 0 aromatic heterocycles. The number of nitrogens with one attached hydrogen (secondary N) is 1. The highest BCUT2D eigenvalue weighted by Crippen LogP contribution is 2.39. The van der Waals surface area contributed by atoms with Gasteiger partial charge in [0.2, 0.25) is 5.91 Å². The molecule has 0 aliphatic carbocycles. The zero-order valence-electron chi connectivity index (χ0n) is 21.8. The van der Waals surface area contributed by atoms with E-state index in [0.29, 0.717) is 26.0 Å². The molecule has 2 rings (SSSR count). The summed E-state index contributed by atoms with van der Waals surface area (Å²) in [6, 6.07) is 7.56. The largest absolute Gasteiger partial charge is 0.508 e. The third-order valence-corrected chi connectivity index (χ3v) is 6.32. The van der Waals surface area contributed by atoms with Crippen molar-refractivity contribution in [2.24, 2.45) is 0 Å². The van der Waals surface area contributed by atoms with Crippen LogP contribution in [0.3, 0.4) is 0 Å². The van der Waals surface area contributed by atoms with Crippen LogP contribution in [0.1, 0.15) is 64.5 Å². The van der Waals surface area contributed by atoms with Crippen LogP contribution in [-0.2, 0) is 30.3 Å². The summed E-state index contributed by atoms with van der Waals surface area (Å²) in [7, 11) is 1.22. The summed E-state index contributed by atoms with van der Waals surface area (Å²) in [5.41, 5.74) is 0.786. The smallest absolute Gasteiger partial charge is 0.328 e. The van der Waals surface area contributed by atoms with Crippen LogP contribution in [-0.4, -0.2) is 41.7 Å². The lowest BCUT2D eigenvalue weighted by Gasteiger charge is -2.21. The van der Waals surface area contributed by atoms with Crippen molar-refractivity contribution in [1.82, 2.24) is 5.32 Å². The van der Waals surface area contributed by atoms with E-state index in [1.807, 2.05) is 13.8 Å². The zero-order valence-corrected chi connectivity index (χ0v) is 25.0. The number of ether oxygens (including phenoxy) is 3. The summed E-state index contributed by atoms with van der Waals surface area (Å²) < 4.78 is 17.3. The lowest BCUT2D eigenvalue weighted by molar-refractivity contribution is -0.155. The second kappa shape index (κ2) is 13.3. The average Bonchev–Trinajstić information content (AvgIpc) is 2.78. The van der Waals surface area contributed by atoms with Gasteiger partial charge in [-0.05, 0) is 101 Å². The Kier molecular flexibility index (Phi) is 11.0. The molecule has 0 fully saturated rings. The summed E-state index contributed by atoms with van der Waals surface area (Å²) in [5.74, 6) is -0.126. The van der Waals surface area contributed by atoms with Crippen molar-refractivity contribution < 1.29 is 33.7 Å². The van der Waals surface area contributed by atoms with Gasteiger partial charge in [-0.3, -0.25) is 9.59 Å². The first-order valence-electron chi connectivity index (χ1n) is 11.8. The average molecular weight is 643 g/mol. The number of phenolic OH excluding ortho intramolecular Hbond substituents is 1. The Morgan fingerprint density at radius 1 is 1.05 bits per heavy atom. The second-order valence-corrected chi connectivity index (χ2v) is 11.5. The van der Waals surface area contributed by atoms with Gasteiger partial charge in [0.25, 0.3) is 0 Å². The second-order valence-electron chi connectivity index (χ2n) is 9.81. The van der Waals surface area contributed by atoms with E-state index in [2.05, 4.69) is 37.2 Å². The Balaban J connectivity index is 2.09. The molecule has 2 N–H and O–H groups in total. The molecule has 10 heteroatoms. The molecular formula is C27H33Br2NO7. The maximum atomic E-state index is 12.7. The topological polar surface area (TPSA) is 111 Å². The number of methoxy groups -OCH3 is 1. The van der Waals surface area contributed by atoms with Gasteiger partial charge in [-0.2, -0.15) is 0 Å². The minimum absolute atomic E-state index is 0.0197. The Hall–Kier alpha value is -2.59. The van der Waals surface area contributed by atoms with Crippen LogP contribution in [0, 0.1) is 0 Å². The number of carbonyl (C=O) groups excluding carboxylic acids is 3. The molecule has 2 aromatic rings. The fourth-order valence-corrected chi connectivity index (χ4v) is 4.91. The van der Waals surface area contributed by atoms with E-state index in [4.69, 9.17) is 14.2 Å². The van der Waals surface area contributed by atoms with Crippen molar-refractivity contribution in [3.8, 4) is 17.2 Å². The molecule has 1 amide bonds. The molecule has 8 nitrogen and oxygen atoms in total. The standard InChI is InChI=1S/C27H33Br2NO7/c1-15(2)18-14-17(7-9-22(18)31)36-25-19(28)11-16(12-20(25)29)13-23(32)30-21(26(34)35-6)8-10-24(33)37-27(3,4)5/h7,9,11-12,14-15,21,31H,8,10,13H2,1-6H3,(H,30,32)/t21-/m0/s1. The van der Waals surface area contributed by atoms with Crippen molar-refractivity contribution in [3.05, 3.63) is 50.4 Å². The molecule has 0 saturated carbocycles. The Morgan fingerprint density at radius 2 is 1.68 bits per heavy atom. The Labute approximate surface area is 234 Å². The van der Waals surface area contributed by atoms with E-state index in [1.165, 1.54) is 7.11 Å². The van der Waals surface area contributed by atoms with Crippen molar-refractivity contribution in [2.45, 2.75) is 71.4 Å². The normalized spacial score (nSPS) is 12.1. The van der Waals surface area contributed by atoms with Crippen molar-refractivity contribution in [3.63, 3.8) is 0 Å². The lowest BCUT2D eigenvalue weighted by Crippen LogP contribution is -2.42. The van der Waals surface area contributed by atoms with Crippen LogP contribution in [0.4, 0.5) is 0 Å². The van der Waals surface area contributed by atoms with Crippen LogP contribution >= 0.6 is 31.9 Å². The molecular weight excluding hydrogens is 610 g/mol. The molecule has 0 aliphatic heterocycles. The van der Waals surface area contributed by atoms with E-state index in [1.54, 1.807) is 51.1 Å². The van der Waals surface area contributed by atoms with Gasteiger partial charge < -0.3 is 24.6 Å². The zero-order chi connectivity index (χ0) is 27.9. The molecule has 0 aliphatic rings. The SMILES string of the molecule is COC(=O)[C@H](CCC(=O)OC(C)(C)C)NC(=O)Cc1cc(Br)c(Oc2ccc(O)c(C(C)C)c2)c(Br)c1. The number of aromatic hydroxyl groups is 1. The van der Waals surface area contributed by atoms with Crippen LogP contribution in [0.2, 0.25) is 0 Å². The number of hydrogen-bond acceptors (Lipinski definition) is 7. The van der Waals surface area contributed by atoms with Gasteiger partial charge in [-0.25, -0.2) is 4.79 Å². The molecule has 0 unspecified atom stereocenters. The van der Waals surface area contributed by atoms with Crippen molar-refractivity contribution >= 4 is 49.7 Å². The molecule has 0 spiro atoms. The molecule has 202 valence electrons. The van der Waals surface area contributed by atoms with Crippen molar-refractivity contribution in [1.29, 1.82) is 0 Å². The van der Waals surface area contributed by atoms with E-state index in [9.17, 15) is 19.5 Å². The van der Waals surface area contributed by atoms with Gasteiger partial charge >= 0.3 is 11.9 Å². The molecule has 2 aromatic carbocycles. The van der Waals surface area contributed by atoms with E-state index < -0.39 is 29.5 Å². The third-order valence-electron chi connectivity index (χ3n) is 5.14. The van der Waals surface area contributed by atoms with Crippen molar-refractivity contribution in [2.75, 3.05) is 7.11 Å². The van der Waals surface area contributed by atoms with Gasteiger partial charge in [-0.15, -0.1) is 0 Å². The first-order chi connectivity index (χ1) is 17.2. The van der Waals surface area contributed by atoms with E-state index in [0.717, 1.165) is 5.56 Å². The minimum atomic E-state index is -0.982. The number of phenols is 1. The number of halogens is 2.